The molecule has 6 heteroatoms. The monoisotopic (exact) mass is 284 g/mol. The molecule has 0 fully saturated rings. The number of nitrogens with zero attached hydrogens (tertiary/aromatic N) is 4. The molecule has 0 aliphatic carbocycles. The molecule has 2 aromatic heterocycles. The van der Waals surface area contributed by atoms with Gasteiger partial charge in [0.15, 0.2) is 5.82 Å². The lowest BCUT2D eigenvalue weighted by molar-refractivity contribution is 0.362. The van der Waals surface area contributed by atoms with E-state index in [0.29, 0.717) is 35.3 Å². The molecule has 0 saturated carbocycles. The van der Waals surface area contributed by atoms with Gasteiger partial charge in [-0.05, 0) is 6.92 Å². The van der Waals surface area contributed by atoms with Crippen LogP contribution in [0.3, 0.4) is 0 Å². The molecule has 0 aromatic carbocycles. The second-order valence-electron chi connectivity index (χ2n) is 4.65. The highest BCUT2D eigenvalue weighted by molar-refractivity contribution is 4.87. The molecule has 2 heterocycles. The number of aromatic nitrogens is 4. The van der Waals surface area contributed by atoms with Gasteiger partial charge in [-0.25, -0.2) is 0 Å². The summed E-state index contributed by atoms with van der Waals surface area (Å²) in [6, 6.07) is 0. The summed E-state index contributed by atoms with van der Waals surface area (Å²) in [7, 11) is 0. The van der Waals surface area contributed by atoms with E-state index in [9.17, 15) is 0 Å². The molecule has 0 unspecified atom stereocenters. The maximum atomic E-state index is 5.12. The van der Waals surface area contributed by atoms with Crippen molar-refractivity contribution in [1.29, 1.82) is 0 Å². The van der Waals surface area contributed by atoms with Gasteiger partial charge in [-0.15, -0.1) is 10.2 Å². The lowest BCUT2D eigenvalue weighted by Crippen LogP contribution is -1.85. The second kappa shape index (κ2) is 9.23. The Morgan fingerprint density at radius 3 is 1.60 bits per heavy atom. The number of hydrogen-bond acceptors (Lipinski definition) is 6. The number of hydrogen-bond donors (Lipinski definition) is 0. The van der Waals surface area contributed by atoms with Crippen LogP contribution in [-0.4, -0.2) is 20.3 Å². The van der Waals surface area contributed by atoms with Crippen molar-refractivity contribution in [3.8, 4) is 0 Å². The van der Waals surface area contributed by atoms with Gasteiger partial charge in [0.1, 0.15) is 0 Å². The Kier molecular flexibility index (Phi) is 9.50. The minimum Gasteiger partial charge on any atom is -0.425 e. The Labute approximate surface area is 122 Å². The van der Waals surface area contributed by atoms with Crippen LogP contribution in [0.15, 0.2) is 8.94 Å². The van der Waals surface area contributed by atoms with Crippen LogP contribution in [-0.2, 0) is 0 Å². The topological polar surface area (TPSA) is 77.8 Å². The first kappa shape index (κ1) is 20.6. The van der Waals surface area contributed by atoms with Crippen molar-refractivity contribution in [2.24, 2.45) is 0 Å². The predicted molar refractivity (Wildman–Crippen MR) is 79.7 cm³/mol. The molecule has 2 rings (SSSR count). The Morgan fingerprint density at radius 1 is 0.850 bits per heavy atom. The summed E-state index contributed by atoms with van der Waals surface area (Å²) in [6.45, 7) is 11.7. The summed E-state index contributed by atoms with van der Waals surface area (Å²) in [5.41, 5.74) is 0. The molecular formula is C14H28N4O2. The van der Waals surface area contributed by atoms with Gasteiger partial charge in [0.25, 0.3) is 0 Å². The van der Waals surface area contributed by atoms with Crippen molar-refractivity contribution < 1.29 is 8.94 Å². The van der Waals surface area contributed by atoms with Crippen LogP contribution in [0.4, 0.5) is 0 Å². The van der Waals surface area contributed by atoms with E-state index in [4.69, 9.17) is 8.94 Å². The van der Waals surface area contributed by atoms with Crippen molar-refractivity contribution >= 4 is 0 Å². The van der Waals surface area contributed by atoms with Crippen molar-refractivity contribution in [1.82, 2.24) is 20.3 Å². The Bertz CT molecular complexity index is 431. The molecule has 6 nitrogen and oxygen atoms in total. The fourth-order valence-corrected chi connectivity index (χ4v) is 1.09. The second-order valence-corrected chi connectivity index (χ2v) is 4.65. The van der Waals surface area contributed by atoms with Crippen LogP contribution >= 0.6 is 0 Å². The summed E-state index contributed by atoms with van der Waals surface area (Å²) in [5, 5.41) is 11.2. The molecule has 0 bridgehead atoms. The number of aryl methyl sites for hydroxylation is 2. The third kappa shape index (κ3) is 6.45. The van der Waals surface area contributed by atoms with Crippen LogP contribution in [0.25, 0.3) is 0 Å². The van der Waals surface area contributed by atoms with E-state index in [2.05, 4.69) is 20.3 Å². The zero-order valence-corrected chi connectivity index (χ0v) is 11.8. The summed E-state index contributed by atoms with van der Waals surface area (Å²) in [4.78, 5) is 4.03. The van der Waals surface area contributed by atoms with Crippen molar-refractivity contribution in [2.45, 2.75) is 68.2 Å². The van der Waals surface area contributed by atoms with E-state index >= 15 is 0 Å². The summed E-state index contributed by atoms with van der Waals surface area (Å²) < 4.78 is 9.99. The first-order valence-electron chi connectivity index (χ1n) is 6.00. The zero-order chi connectivity index (χ0) is 13.7. The molecule has 0 amide bonds. The first-order valence-corrected chi connectivity index (χ1v) is 6.00. The van der Waals surface area contributed by atoms with Gasteiger partial charge in [0.05, 0.1) is 0 Å². The quantitative estimate of drug-likeness (QED) is 0.819. The maximum Gasteiger partial charge on any atom is 0.229 e. The van der Waals surface area contributed by atoms with Crippen LogP contribution in [0.2, 0.25) is 0 Å². The first-order chi connectivity index (χ1) is 8.40. The normalized spacial score (nSPS) is 9.60. The van der Waals surface area contributed by atoms with E-state index in [0.717, 1.165) is 0 Å². The third-order valence-corrected chi connectivity index (χ3v) is 2.07. The van der Waals surface area contributed by atoms with Gasteiger partial charge in [-0.1, -0.05) is 47.7 Å². The lowest BCUT2D eigenvalue weighted by atomic mass is 10.2. The molecule has 20 heavy (non-hydrogen) atoms. The van der Waals surface area contributed by atoms with Gasteiger partial charge < -0.3 is 8.94 Å². The fourth-order valence-electron chi connectivity index (χ4n) is 1.09. The van der Waals surface area contributed by atoms with E-state index in [1.165, 1.54) is 0 Å². The third-order valence-electron chi connectivity index (χ3n) is 2.07. The van der Waals surface area contributed by atoms with E-state index in [1.54, 1.807) is 6.92 Å². The highest BCUT2D eigenvalue weighted by atomic mass is 16.5. The smallest absolute Gasteiger partial charge is 0.229 e. The van der Waals surface area contributed by atoms with Gasteiger partial charge in [0, 0.05) is 18.8 Å². The summed E-state index contributed by atoms with van der Waals surface area (Å²) >= 11 is 0. The average molecular weight is 284 g/mol. The molecule has 0 N–H and O–H groups in total. The fraction of sp³-hybridized carbons (Fsp3) is 0.714. The molecule has 2 aromatic rings. The highest BCUT2D eigenvalue weighted by Crippen LogP contribution is 2.10. The highest BCUT2D eigenvalue weighted by Gasteiger charge is 2.05. The molecule has 0 spiro atoms. The average Bonchev–Trinajstić information content (AvgIpc) is 2.88. The van der Waals surface area contributed by atoms with Crippen molar-refractivity contribution in [2.75, 3.05) is 0 Å². The molecule has 0 aliphatic rings. The van der Waals surface area contributed by atoms with Crippen LogP contribution in [0.1, 0.15) is 77.9 Å². The van der Waals surface area contributed by atoms with Gasteiger partial charge in [-0.3, -0.25) is 0 Å². The Hall–Kier alpha value is -1.72. The minimum atomic E-state index is 0. The molecule has 116 valence electrons. The molecule has 0 atom stereocenters. The standard InChI is InChI=1S/2C6H10N2O.2CH4/c1-4(2)6-8-7-5(3)9-6;1-4(2)6-7-5(3)8-9-6;;/h2*4H,1-3H3;2*1H4. The maximum absolute atomic E-state index is 5.12. The van der Waals surface area contributed by atoms with Gasteiger partial charge in [-0.2, -0.15) is 4.98 Å². The van der Waals surface area contributed by atoms with Crippen molar-refractivity contribution in [3.05, 3.63) is 23.5 Å². The van der Waals surface area contributed by atoms with Crippen molar-refractivity contribution in [3.63, 3.8) is 0 Å². The van der Waals surface area contributed by atoms with Crippen LogP contribution < -0.4 is 0 Å². The van der Waals surface area contributed by atoms with E-state index < -0.39 is 0 Å². The summed E-state index contributed by atoms with van der Waals surface area (Å²) in [5.74, 6) is 3.45. The molecule has 0 aliphatic heterocycles. The van der Waals surface area contributed by atoms with Crippen LogP contribution in [0.5, 0.6) is 0 Å². The van der Waals surface area contributed by atoms with Crippen LogP contribution in [0, 0.1) is 13.8 Å². The SMILES string of the molecule is C.C.Cc1nnc(C(C)C)o1.Cc1noc(C(C)C)n1. The lowest BCUT2D eigenvalue weighted by Gasteiger charge is -1.92. The largest absolute Gasteiger partial charge is 0.425 e. The molecule has 0 saturated heterocycles. The molecule has 0 radical (unpaired) electrons. The van der Waals surface area contributed by atoms with E-state index in [1.807, 2.05) is 34.6 Å². The van der Waals surface area contributed by atoms with E-state index in [-0.39, 0.29) is 14.9 Å². The predicted octanol–water partition coefficient (Wildman–Crippen LogP) is 4.28. The van der Waals surface area contributed by atoms with Gasteiger partial charge >= 0.3 is 0 Å². The minimum absolute atomic E-state index is 0. The number of rotatable bonds is 2. The summed E-state index contributed by atoms with van der Waals surface area (Å²) in [6.07, 6.45) is 0. The Morgan fingerprint density at radius 2 is 1.40 bits per heavy atom. The van der Waals surface area contributed by atoms with Gasteiger partial charge in [0.2, 0.25) is 17.7 Å². The zero-order valence-electron chi connectivity index (χ0n) is 11.8. The Balaban J connectivity index is 0. The molecular weight excluding hydrogens is 256 g/mol.